The van der Waals surface area contributed by atoms with Crippen molar-refractivity contribution in [3.63, 3.8) is 0 Å². The van der Waals surface area contributed by atoms with Crippen molar-refractivity contribution in [3.8, 4) is 5.69 Å². The van der Waals surface area contributed by atoms with Gasteiger partial charge in [0.1, 0.15) is 11.5 Å². The highest BCUT2D eigenvalue weighted by Crippen LogP contribution is 2.37. The summed E-state index contributed by atoms with van der Waals surface area (Å²) in [4.78, 5) is 32.1. The molecule has 2 amide bonds. The summed E-state index contributed by atoms with van der Waals surface area (Å²) in [6, 6.07) is 12.9. The van der Waals surface area contributed by atoms with E-state index in [1.54, 1.807) is 53.4 Å². The number of nitrogens with one attached hydrogen (secondary N) is 1. The number of aliphatic imine (C=N–C) groups is 1. The maximum atomic E-state index is 13.6. The van der Waals surface area contributed by atoms with Gasteiger partial charge in [-0.2, -0.15) is 0 Å². The van der Waals surface area contributed by atoms with Crippen LogP contribution in [0, 0.1) is 5.82 Å². The summed E-state index contributed by atoms with van der Waals surface area (Å²) in [7, 11) is 0. The smallest absolute Gasteiger partial charge is 0.270 e. The second kappa shape index (κ2) is 11.2. The minimum atomic E-state index is -2.79. The second-order valence-electron chi connectivity index (χ2n) is 9.58. The first kappa shape index (κ1) is 26.3. The standard InChI is InChI=1S/C28H27F3N6O2/c29-21-7-3-19(4-8-21)23-18-25(23)32-13-1-2-24(27(39)36-15-11-28(30,31)12-16-36)34-26(38)20-5-9-22(10-6-20)37-17-14-33-35-37/h2-10,14,17,23H,1,11-13,15-16,18H2,(H,34,38)/b24-2-,32-25?/t23-/m0/s1. The van der Waals surface area contributed by atoms with Gasteiger partial charge in [-0.1, -0.05) is 23.4 Å². The SMILES string of the molecule is O=C(N/C(=C\CCN=C1C[C@H]1c1ccc(F)cc1)C(=O)N1CCC(F)(F)CC1)c1ccc(-n2ccnn2)cc1. The van der Waals surface area contributed by atoms with Crippen LogP contribution in [0.4, 0.5) is 13.2 Å². The number of amides is 2. The number of benzene rings is 2. The number of halogens is 3. The monoisotopic (exact) mass is 536 g/mol. The number of aromatic nitrogens is 3. The summed E-state index contributed by atoms with van der Waals surface area (Å²) >= 11 is 0. The summed E-state index contributed by atoms with van der Waals surface area (Å²) < 4.78 is 42.0. The number of hydrogen-bond donors (Lipinski definition) is 1. The lowest BCUT2D eigenvalue weighted by atomic mass is 10.1. The van der Waals surface area contributed by atoms with Gasteiger partial charge in [0.05, 0.1) is 18.1 Å². The van der Waals surface area contributed by atoms with Crippen LogP contribution >= 0.6 is 0 Å². The fourth-order valence-electron chi connectivity index (χ4n) is 4.45. The lowest BCUT2D eigenvalue weighted by molar-refractivity contribution is -0.133. The Kier molecular flexibility index (Phi) is 7.58. The molecule has 0 radical (unpaired) electrons. The van der Waals surface area contributed by atoms with Gasteiger partial charge >= 0.3 is 0 Å². The van der Waals surface area contributed by atoms with E-state index < -0.39 is 30.6 Å². The van der Waals surface area contributed by atoms with Gasteiger partial charge in [-0.3, -0.25) is 14.6 Å². The number of carbonyl (C=O) groups is 2. The van der Waals surface area contributed by atoms with Crippen LogP contribution in [0.3, 0.4) is 0 Å². The van der Waals surface area contributed by atoms with Crippen LogP contribution in [-0.2, 0) is 4.79 Å². The fourth-order valence-corrected chi connectivity index (χ4v) is 4.45. The molecular formula is C28H27F3N6O2. The predicted molar refractivity (Wildman–Crippen MR) is 138 cm³/mol. The first-order valence-corrected chi connectivity index (χ1v) is 12.7. The van der Waals surface area contributed by atoms with Crippen LogP contribution in [0.5, 0.6) is 0 Å². The fraction of sp³-hybridized carbons (Fsp3) is 0.321. The molecule has 0 spiro atoms. The molecule has 1 saturated heterocycles. The Morgan fingerprint density at radius 3 is 2.46 bits per heavy atom. The summed E-state index contributed by atoms with van der Waals surface area (Å²) in [6.07, 6.45) is 5.14. The third-order valence-electron chi connectivity index (χ3n) is 6.80. The molecule has 39 heavy (non-hydrogen) atoms. The number of piperidine rings is 1. The maximum Gasteiger partial charge on any atom is 0.270 e. The zero-order chi connectivity index (χ0) is 27.4. The average molecular weight is 537 g/mol. The molecule has 1 saturated carbocycles. The van der Waals surface area contributed by atoms with Gasteiger partial charge < -0.3 is 10.2 Å². The Morgan fingerprint density at radius 1 is 1.08 bits per heavy atom. The summed E-state index contributed by atoms with van der Waals surface area (Å²) in [6.45, 7) is 0.213. The zero-order valence-electron chi connectivity index (χ0n) is 21.1. The van der Waals surface area contributed by atoms with Crippen molar-refractivity contribution in [1.82, 2.24) is 25.2 Å². The van der Waals surface area contributed by atoms with Crippen molar-refractivity contribution >= 4 is 17.5 Å². The number of hydrogen-bond acceptors (Lipinski definition) is 5. The normalized spacial score (nSPS) is 19.7. The van der Waals surface area contributed by atoms with Crippen LogP contribution in [0.2, 0.25) is 0 Å². The van der Waals surface area contributed by atoms with E-state index in [0.29, 0.717) is 24.2 Å². The van der Waals surface area contributed by atoms with Gasteiger partial charge in [-0.05, 0) is 54.8 Å². The van der Waals surface area contributed by atoms with Gasteiger partial charge in [0.15, 0.2) is 0 Å². The van der Waals surface area contributed by atoms with E-state index in [-0.39, 0.29) is 30.5 Å². The molecule has 1 aliphatic heterocycles. The molecule has 1 atom stereocenters. The molecular weight excluding hydrogens is 509 g/mol. The number of alkyl halides is 2. The number of nitrogens with zero attached hydrogens (tertiary/aromatic N) is 5. The highest BCUT2D eigenvalue weighted by molar-refractivity contribution is 6.06. The molecule has 1 N–H and O–H groups in total. The number of likely N-dealkylation sites (tertiary alicyclic amines) is 1. The third-order valence-corrected chi connectivity index (χ3v) is 6.80. The largest absolute Gasteiger partial charge is 0.337 e. The van der Waals surface area contributed by atoms with Gasteiger partial charge in [-0.15, -0.1) is 5.10 Å². The second-order valence-corrected chi connectivity index (χ2v) is 9.58. The van der Waals surface area contributed by atoms with E-state index in [4.69, 9.17) is 0 Å². The first-order chi connectivity index (χ1) is 18.8. The maximum absolute atomic E-state index is 13.6. The van der Waals surface area contributed by atoms with Crippen LogP contribution in [0.25, 0.3) is 5.69 Å². The Hall–Kier alpha value is -4.28. The molecule has 1 aromatic heterocycles. The van der Waals surface area contributed by atoms with E-state index in [1.807, 2.05) is 0 Å². The van der Waals surface area contributed by atoms with Gasteiger partial charge in [0, 0.05) is 49.7 Å². The molecule has 3 aromatic rings. The van der Waals surface area contributed by atoms with E-state index in [9.17, 15) is 22.8 Å². The van der Waals surface area contributed by atoms with Crippen LogP contribution in [0.15, 0.2) is 77.7 Å². The van der Waals surface area contributed by atoms with Crippen molar-refractivity contribution in [3.05, 3.63) is 89.6 Å². The first-order valence-electron chi connectivity index (χ1n) is 12.7. The van der Waals surface area contributed by atoms with E-state index in [0.717, 1.165) is 17.7 Å². The molecule has 5 rings (SSSR count). The minimum Gasteiger partial charge on any atom is -0.337 e. The molecule has 1 aliphatic carbocycles. The molecule has 2 fully saturated rings. The van der Waals surface area contributed by atoms with E-state index in [1.165, 1.54) is 23.2 Å². The highest BCUT2D eigenvalue weighted by atomic mass is 19.3. The number of carbonyl (C=O) groups excluding carboxylic acids is 2. The molecule has 2 aromatic carbocycles. The minimum absolute atomic E-state index is 0.0386. The molecule has 0 unspecified atom stereocenters. The third kappa shape index (κ3) is 6.60. The summed E-state index contributed by atoms with van der Waals surface area (Å²) in [5.74, 6) is -3.90. The van der Waals surface area contributed by atoms with Gasteiger partial charge in [0.25, 0.3) is 17.7 Å². The Bertz CT molecular complexity index is 1380. The Labute approximate surface area is 223 Å². The lowest BCUT2D eigenvalue weighted by Gasteiger charge is -2.32. The van der Waals surface area contributed by atoms with E-state index >= 15 is 0 Å². The van der Waals surface area contributed by atoms with Crippen molar-refractivity contribution < 1.29 is 22.8 Å². The average Bonchev–Trinajstić information content (AvgIpc) is 3.49. The van der Waals surface area contributed by atoms with Crippen LogP contribution < -0.4 is 5.32 Å². The topological polar surface area (TPSA) is 92.5 Å². The molecule has 0 bridgehead atoms. The molecule has 2 aliphatic rings. The molecule has 11 heteroatoms. The van der Waals surface area contributed by atoms with Crippen molar-refractivity contribution in [1.29, 1.82) is 0 Å². The van der Waals surface area contributed by atoms with Crippen LogP contribution in [0.1, 0.15) is 47.5 Å². The Morgan fingerprint density at radius 2 is 1.79 bits per heavy atom. The van der Waals surface area contributed by atoms with Crippen molar-refractivity contribution in [2.24, 2.45) is 4.99 Å². The van der Waals surface area contributed by atoms with E-state index in [2.05, 4.69) is 20.6 Å². The summed E-state index contributed by atoms with van der Waals surface area (Å²) in [5, 5.41) is 10.3. The van der Waals surface area contributed by atoms with Crippen molar-refractivity contribution in [2.45, 2.75) is 37.5 Å². The van der Waals surface area contributed by atoms with Crippen molar-refractivity contribution in [2.75, 3.05) is 19.6 Å². The lowest BCUT2D eigenvalue weighted by Crippen LogP contribution is -2.45. The highest BCUT2D eigenvalue weighted by Gasteiger charge is 2.36. The molecule has 202 valence electrons. The Balaban J connectivity index is 1.25. The van der Waals surface area contributed by atoms with Crippen LogP contribution in [-0.4, -0.2) is 63.0 Å². The molecule has 8 nitrogen and oxygen atoms in total. The van der Waals surface area contributed by atoms with Gasteiger partial charge in [-0.25, -0.2) is 17.9 Å². The summed E-state index contributed by atoms with van der Waals surface area (Å²) in [5.41, 5.74) is 3.08. The van der Waals surface area contributed by atoms with Gasteiger partial charge in [0.2, 0.25) is 0 Å². The quantitative estimate of drug-likeness (QED) is 0.343. The predicted octanol–water partition coefficient (Wildman–Crippen LogP) is 4.30. The molecule has 2 heterocycles. The zero-order valence-corrected chi connectivity index (χ0v) is 21.1. The number of rotatable bonds is 8.